The molecule has 0 saturated carbocycles. The molecule has 2 aromatic rings. The van der Waals surface area contributed by atoms with Crippen LogP contribution in [0.15, 0.2) is 30.6 Å². The molecule has 0 spiro atoms. The second-order valence-electron chi connectivity index (χ2n) is 4.18. The van der Waals surface area contributed by atoms with Gasteiger partial charge in [-0.05, 0) is 25.5 Å². The summed E-state index contributed by atoms with van der Waals surface area (Å²) in [5.41, 5.74) is 6.47. The normalized spacial score (nSPS) is 10.4. The Labute approximate surface area is 112 Å². The number of rotatable bonds is 6. The van der Waals surface area contributed by atoms with Gasteiger partial charge in [-0.25, -0.2) is 0 Å². The number of benzene rings is 1. The minimum absolute atomic E-state index is 0.616. The zero-order chi connectivity index (χ0) is 13.7. The maximum absolute atomic E-state index is 5.85. The Morgan fingerprint density at radius 3 is 2.79 bits per heavy atom. The summed E-state index contributed by atoms with van der Waals surface area (Å²) >= 11 is 0. The van der Waals surface area contributed by atoms with Gasteiger partial charge in [0.15, 0.2) is 5.75 Å². The second kappa shape index (κ2) is 6.13. The fourth-order valence-electron chi connectivity index (χ4n) is 1.62. The Kier molecular flexibility index (Phi) is 4.28. The van der Waals surface area contributed by atoms with Gasteiger partial charge >= 0.3 is 0 Å². The van der Waals surface area contributed by atoms with Crippen molar-refractivity contribution in [3.05, 3.63) is 30.6 Å². The van der Waals surface area contributed by atoms with Crippen LogP contribution in [0, 0.1) is 0 Å². The van der Waals surface area contributed by atoms with Crippen LogP contribution in [0.2, 0.25) is 0 Å². The summed E-state index contributed by atoms with van der Waals surface area (Å²) in [7, 11) is 0. The number of aryl methyl sites for hydroxylation is 1. The molecule has 2 rings (SSSR count). The van der Waals surface area contributed by atoms with Crippen molar-refractivity contribution in [1.29, 1.82) is 0 Å². The molecule has 0 unspecified atom stereocenters. The lowest BCUT2D eigenvalue weighted by molar-refractivity contribution is 0.317. The third kappa shape index (κ3) is 3.40. The molecule has 5 nitrogen and oxygen atoms in total. The summed E-state index contributed by atoms with van der Waals surface area (Å²) in [5, 5.41) is 4.16. The van der Waals surface area contributed by atoms with Crippen molar-refractivity contribution in [2.24, 2.45) is 0 Å². The van der Waals surface area contributed by atoms with Crippen LogP contribution in [0.1, 0.15) is 20.3 Å². The van der Waals surface area contributed by atoms with Crippen LogP contribution in [0.3, 0.4) is 0 Å². The fraction of sp³-hybridized carbons (Fsp3) is 0.357. The van der Waals surface area contributed by atoms with Crippen molar-refractivity contribution >= 4 is 5.69 Å². The molecule has 0 aliphatic rings. The van der Waals surface area contributed by atoms with E-state index in [0.29, 0.717) is 29.5 Å². The summed E-state index contributed by atoms with van der Waals surface area (Å²) in [6.45, 7) is 5.53. The van der Waals surface area contributed by atoms with Crippen molar-refractivity contribution in [2.45, 2.75) is 26.8 Å². The molecule has 0 aliphatic carbocycles. The Morgan fingerprint density at radius 1 is 1.26 bits per heavy atom. The molecule has 102 valence electrons. The summed E-state index contributed by atoms with van der Waals surface area (Å²) in [6, 6.07) is 5.40. The monoisotopic (exact) mass is 261 g/mol. The van der Waals surface area contributed by atoms with Crippen LogP contribution in [-0.4, -0.2) is 16.4 Å². The van der Waals surface area contributed by atoms with Crippen LogP contribution < -0.4 is 15.2 Å². The number of nitrogen functional groups attached to an aromatic ring is 1. The molecule has 1 aromatic carbocycles. The van der Waals surface area contributed by atoms with Crippen LogP contribution in [0.4, 0.5) is 5.69 Å². The van der Waals surface area contributed by atoms with Gasteiger partial charge in [-0.1, -0.05) is 6.92 Å². The van der Waals surface area contributed by atoms with E-state index >= 15 is 0 Å². The van der Waals surface area contributed by atoms with Crippen LogP contribution >= 0.6 is 0 Å². The first kappa shape index (κ1) is 13.3. The predicted molar refractivity (Wildman–Crippen MR) is 74.6 cm³/mol. The van der Waals surface area contributed by atoms with Gasteiger partial charge < -0.3 is 15.2 Å². The highest BCUT2D eigenvalue weighted by molar-refractivity contribution is 5.56. The van der Waals surface area contributed by atoms with Crippen molar-refractivity contribution in [1.82, 2.24) is 9.78 Å². The molecule has 0 radical (unpaired) electrons. The van der Waals surface area contributed by atoms with E-state index in [1.807, 2.05) is 19.2 Å². The lowest BCUT2D eigenvalue weighted by Gasteiger charge is -2.10. The van der Waals surface area contributed by atoms with Crippen molar-refractivity contribution in [2.75, 3.05) is 12.3 Å². The molecule has 0 aliphatic heterocycles. The van der Waals surface area contributed by atoms with Crippen molar-refractivity contribution < 1.29 is 9.47 Å². The van der Waals surface area contributed by atoms with E-state index in [4.69, 9.17) is 15.2 Å². The number of aromatic nitrogens is 2. The SMILES string of the molecule is CCCOc1cc(Oc2cnn(CC)c2)ccc1N. The molecule has 0 atom stereocenters. The van der Waals surface area contributed by atoms with Crippen LogP contribution in [-0.2, 0) is 6.54 Å². The van der Waals surface area contributed by atoms with E-state index in [1.54, 1.807) is 23.0 Å². The lowest BCUT2D eigenvalue weighted by atomic mass is 10.3. The fourth-order valence-corrected chi connectivity index (χ4v) is 1.62. The highest BCUT2D eigenvalue weighted by atomic mass is 16.5. The Bertz CT molecular complexity index is 537. The summed E-state index contributed by atoms with van der Waals surface area (Å²) in [5.74, 6) is 2.05. The molecule has 0 saturated heterocycles. The average Bonchev–Trinajstić information content (AvgIpc) is 2.87. The van der Waals surface area contributed by atoms with Crippen LogP contribution in [0.5, 0.6) is 17.2 Å². The first-order valence-corrected chi connectivity index (χ1v) is 6.45. The van der Waals surface area contributed by atoms with Gasteiger partial charge in [0.1, 0.15) is 11.5 Å². The third-order valence-electron chi connectivity index (χ3n) is 2.62. The van der Waals surface area contributed by atoms with Gasteiger partial charge in [-0.2, -0.15) is 5.10 Å². The van der Waals surface area contributed by atoms with Crippen molar-refractivity contribution in [3.63, 3.8) is 0 Å². The smallest absolute Gasteiger partial charge is 0.165 e. The number of ether oxygens (including phenoxy) is 2. The molecule has 0 fully saturated rings. The maximum atomic E-state index is 5.85. The van der Waals surface area contributed by atoms with Gasteiger partial charge in [-0.15, -0.1) is 0 Å². The molecule has 0 amide bonds. The average molecular weight is 261 g/mol. The Hall–Kier alpha value is -2.17. The van der Waals surface area contributed by atoms with Crippen molar-refractivity contribution in [3.8, 4) is 17.2 Å². The Balaban J connectivity index is 2.11. The second-order valence-corrected chi connectivity index (χ2v) is 4.18. The van der Waals surface area contributed by atoms with E-state index in [1.165, 1.54) is 0 Å². The van der Waals surface area contributed by atoms with Gasteiger partial charge in [0, 0.05) is 12.6 Å². The third-order valence-corrected chi connectivity index (χ3v) is 2.62. The van der Waals surface area contributed by atoms with E-state index in [2.05, 4.69) is 12.0 Å². The molecule has 1 heterocycles. The number of nitrogens with zero attached hydrogens (tertiary/aromatic N) is 2. The van der Waals surface area contributed by atoms with Crippen LogP contribution in [0.25, 0.3) is 0 Å². The number of hydrogen-bond acceptors (Lipinski definition) is 4. The zero-order valence-electron chi connectivity index (χ0n) is 11.3. The molecule has 1 aromatic heterocycles. The van der Waals surface area contributed by atoms with E-state index in [-0.39, 0.29) is 0 Å². The topological polar surface area (TPSA) is 62.3 Å². The minimum atomic E-state index is 0.616. The number of anilines is 1. The summed E-state index contributed by atoms with van der Waals surface area (Å²) in [4.78, 5) is 0. The zero-order valence-corrected chi connectivity index (χ0v) is 11.3. The lowest BCUT2D eigenvalue weighted by Crippen LogP contribution is -1.99. The quantitative estimate of drug-likeness (QED) is 0.812. The highest BCUT2D eigenvalue weighted by Crippen LogP contribution is 2.29. The van der Waals surface area contributed by atoms with Gasteiger partial charge in [-0.3, -0.25) is 4.68 Å². The Morgan fingerprint density at radius 2 is 2.11 bits per heavy atom. The number of hydrogen-bond donors (Lipinski definition) is 1. The van der Waals surface area contributed by atoms with E-state index in [9.17, 15) is 0 Å². The van der Waals surface area contributed by atoms with E-state index in [0.717, 1.165) is 13.0 Å². The molecule has 5 heteroatoms. The largest absolute Gasteiger partial charge is 0.491 e. The standard InChI is InChI=1S/C14H19N3O2/c1-3-7-18-14-8-11(5-6-13(14)15)19-12-9-16-17(4-2)10-12/h5-6,8-10H,3-4,7,15H2,1-2H3. The molecular weight excluding hydrogens is 242 g/mol. The summed E-state index contributed by atoms with van der Waals surface area (Å²) < 4.78 is 13.1. The molecule has 19 heavy (non-hydrogen) atoms. The highest BCUT2D eigenvalue weighted by Gasteiger charge is 2.05. The first-order chi connectivity index (χ1) is 9.22. The van der Waals surface area contributed by atoms with Gasteiger partial charge in [0.05, 0.1) is 24.7 Å². The van der Waals surface area contributed by atoms with E-state index < -0.39 is 0 Å². The summed E-state index contributed by atoms with van der Waals surface area (Å²) in [6.07, 6.45) is 4.48. The predicted octanol–water partition coefficient (Wildman–Crippen LogP) is 3.07. The molecule has 2 N–H and O–H groups in total. The first-order valence-electron chi connectivity index (χ1n) is 6.45. The van der Waals surface area contributed by atoms with Gasteiger partial charge in [0.25, 0.3) is 0 Å². The molecular formula is C14H19N3O2. The maximum Gasteiger partial charge on any atom is 0.165 e. The molecule has 0 bridgehead atoms. The minimum Gasteiger partial charge on any atom is -0.491 e. The number of nitrogens with two attached hydrogens (primary N) is 1. The van der Waals surface area contributed by atoms with Gasteiger partial charge in [0.2, 0.25) is 0 Å².